The van der Waals surface area contributed by atoms with Crippen LogP contribution in [-0.4, -0.2) is 13.6 Å². The van der Waals surface area contributed by atoms with E-state index in [1.807, 2.05) is 0 Å². The molecular weight excluding hydrogens is 240 g/mol. The first kappa shape index (κ1) is 11.7. The second-order valence-electron chi connectivity index (χ2n) is 3.70. The quantitative estimate of drug-likeness (QED) is 0.907. The van der Waals surface area contributed by atoms with Gasteiger partial charge in [-0.05, 0) is 25.5 Å². The van der Waals surface area contributed by atoms with E-state index in [9.17, 15) is 8.42 Å². The number of nitrogens with zero attached hydrogens (tertiary/aromatic N) is 1. The van der Waals surface area contributed by atoms with Crippen LogP contribution in [0.3, 0.4) is 0 Å². The van der Waals surface area contributed by atoms with E-state index in [0.717, 1.165) is 0 Å². The summed E-state index contributed by atoms with van der Waals surface area (Å²) in [6, 6.07) is 8.26. The number of anilines is 1. The lowest BCUT2D eigenvalue weighted by Crippen LogP contribution is -2.13. The Kier molecular flexibility index (Phi) is 2.89. The van der Waals surface area contributed by atoms with E-state index in [2.05, 4.69) is 9.88 Å². The van der Waals surface area contributed by atoms with Gasteiger partial charge in [0, 0.05) is 6.07 Å². The van der Waals surface area contributed by atoms with Crippen LogP contribution in [0.1, 0.15) is 11.3 Å². The fraction of sp³-hybridized carbons (Fsp3) is 0.182. The smallest absolute Gasteiger partial charge is 0.264 e. The Morgan fingerprint density at radius 3 is 2.53 bits per heavy atom. The van der Waals surface area contributed by atoms with Gasteiger partial charge in [0.25, 0.3) is 10.0 Å². The predicted octanol–water partition coefficient (Wildman–Crippen LogP) is 2.09. The molecule has 0 aliphatic heterocycles. The second-order valence-corrected chi connectivity index (χ2v) is 5.35. The van der Waals surface area contributed by atoms with Crippen molar-refractivity contribution in [1.29, 1.82) is 0 Å². The molecule has 0 aliphatic carbocycles. The third kappa shape index (κ3) is 2.47. The van der Waals surface area contributed by atoms with Crippen LogP contribution >= 0.6 is 0 Å². The van der Waals surface area contributed by atoms with Gasteiger partial charge in [-0.25, -0.2) is 13.1 Å². The number of benzene rings is 1. The molecule has 1 N–H and O–H groups in total. The zero-order chi connectivity index (χ0) is 12.5. The number of aryl methyl sites for hydroxylation is 2. The molecule has 0 unspecified atom stereocenters. The maximum absolute atomic E-state index is 12.0. The van der Waals surface area contributed by atoms with Crippen molar-refractivity contribution in [3.05, 3.63) is 41.6 Å². The summed E-state index contributed by atoms with van der Waals surface area (Å²) < 4.78 is 31.2. The predicted molar refractivity (Wildman–Crippen MR) is 63.2 cm³/mol. The molecule has 6 heteroatoms. The monoisotopic (exact) mass is 252 g/mol. The lowest BCUT2D eigenvalue weighted by molar-refractivity contribution is 0.430. The summed E-state index contributed by atoms with van der Waals surface area (Å²) in [6.45, 7) is 3.45. The molecule has 0 saturated heterocycles. The molecule has 0 saturated carbocycles. The lowest BCUT2D eigenvalue weighted by atomic mass is 10.2. The molecule has 0 amide bonds. The number of nitrogens with one attached hydrogen (secondary N) is 1. The molecule has 1 aromatic carbocycles. The van der Waals surface area contributed by atoms with Gasteiger partial charge in [0.05, 0.1) is 10.6 Å². The molecule has 0 spiro atoms. The Morgan fingerprint density at radius 2 is 1.94 bits per heavy atom. The van der Waals surface area contributed by atoms with Crippen molar-refractivity contribution >= 4 is 15.9 Å². The highest BCUT2D eigenvalue weighted by atomic mass is 32.2. The largest absolute Gasteiger partial charge is 0.338 e. The summed E-state index contributed by atoms with van der Waals surface area (Å²) in [4.78, 5) is 0.231. The topological polar surface area (TPSA) is 72.2 Å². The van der Waals surface area contributed by atoms with Gasteiger partial charge >= 0.3 is 0 Å². The van der Waals surface area contributed by atoms with E-state index in [1.165, 1.54) is 6.07 Å². The van der Waals surface area contributed by atoms with Crippen molar-refractivity contribution in [1.82, 2.24) is 5.16 Å². The minimum atomic E-state index is -3.61. The van der Waals surface area contributed by atoms with Crippen LogP contribution in [0.15, 0.2) is 39.8 Å². The third-order valence-corrected chi connectivity index (χ3v) is 3.75. The average Bonchev–Trinajstić information content (AvgIpc) is 2.63. The van der Waals surface area contributed by atoms with Crippen molar-refractivity contribution < 1.29 is 12.9 Å². The minimum absolute atomic E-state index is 0.116. The Bertz CT molecular complexity index is 632. The van der Waals surface area contributed by atoms with E-state index in [1.54, 1.807) is 38.1 Å². The number of rotatable bonds is 3. The number of sulfonamides is 1. The Balaban J connectivity index is 2.35. The molecule has 0 atom stereocenters. The molecule has 90 valence electrons. The van der Waals surface area contributed by atoms with E-state index in [0.29, 0.717) is 11.3 Å². The number of aromatic nitrogens is 1. The number of hydrogen-bond donors (Lipinski definition) is 1. The highest BCUT2D eigenvalue weighted by molar-refractivity contribution is 7.92. The minimum Gasteiger partial charge on any atom is -0.338 e. The summed E-state index contributed by atoms with van der Waals surface area (Å²) in [5.74, 6) is 0.116. The lowest BCUT2D eigenvalue weighted by Gasteiger charge is -2.06. The van der Waals surface area contributed by atoms with Gasteiger partial charge in [-0.15, -0.1) is 0 Å². The van der Waals surface area contributed by atoms with Gasteiger partial charge in [-0.1, -0.05) is 23.4 Å². The van der Waals surface area contributed by atoms with E-state index in [-0.39, 0.29) is 10.8 Å². The number of hydrogen-bond acceptors (Lipinski definition) is 4. The van der Waals surface area contributed by atoms with E-state index < -0.39 is 10.0 Å². The Morgan fingerprint density at radius 1 is 1.24 bits per heavy atom. The molecule has 0 radical (unpaired) electrons. The molecule has 0 fully saturated rings. The van der Waals surface area contributed by atoms with E-state index in [4.69, 9.17) is 4.52 Å². The molecular formula is C11H12N2O3S. The van der Waals surface area contributed by atoms with Crippen molar-refractivity contribution in [3.63, 3.8) is 0 Å². The first-order valence-electron chi connectivity index (χ1n) is 5.01. The summed E-state index contributed by atoms with van der Waals surface area (Å²) >= 11 is 0. The SMILES string of the molecule is Cc1cc(NS(=O)(=O)c2ccccc2C)on1. The Hall–Kier alpha value is -1.82. The molecule has 2 rings (SSSR count). The molecule has 1 heterocycles. The second kappa shape index (κ2) is 4.21. The van der Waals surface area contributed by atoms with Crippen LogP contribution in [0, 0.1) is 13.8 Å². The highest BCUT2D eigenvalue weighted by Gasteiger charge is 2.18. The van der Waals surface area contributed by atoms with Crippen molar-refractivity contribution in [2.24, 2.45) is 0 Å². The zero-order valence-electron chi connectivity index (χ0n) is 9.47. The van der Waals surface area contributed by atoms with Gasteiger partial charge in [0.1, 0.15) is 0 Å². The van der Waals surface area contributed by atoms with Gasteiger partial charge < -0.3 is 4.52 Å². The highest BCUT2D eigenvalue weighted by Crippen LogP contribution is 2.19. The van der Waals surface area contributed by atoms with Crippen molar-refractivity contribution in [2.75, 3.05) is 4.72 Å². The van der Waals surface area contributed by atoms with Crippen LogP contribution in [-0.2, 0) is 10.0 Å². The van der Waals surface area contributed by atoms with Gasteiger partial charge in [-0.2, -0.15) is 0 Å². The summed E-state index contributed by atoms with van der Waals surface area (Å²) in [5, 5.41) is 3.61. The first-order valence-corrected chi connectivity index (χ1v) is 6.49. The molecule has 5 nitrogen and oxygen atoms in total. The maximum Gasteiger partial charge on any atom is 0.264 e. The van der Waals surface area contributed by atoms with Gasteiger partial charge in [0.2, 0.25) is 5.88 Å². The van der Waals surface area contributed by atoms with Crippen molar-refractivity contribution in [3.8, 4) is 0 Å². The average molecular weight is 252 g/mol. The third-order valence-electron chi connectivity index (χ3n) is 2.25. The van der Waals surface area contributed by atoms with Gasteiger partial charge in [0.15, 0.2) is 0 Å². The maximum atomic E-state index is 12.0. The van der Waals surface area contributed by atoms with Crippen LogP contribution in [0.25, 0.3) is 0 Å². The van der Waals surface area contributed by atoms with E-state index >= 15 is 0 Å². The summed E-state index contributed by atoms with van der Waals surface area (Å²) in [6.07, 6.45) is 0. The standard InChI is InChI=1S/C11H12N2O3S/c1-8-5-3-4-6-10(8)17(14,15)13-11-7-9(2)12-16-11/h3-7,13H,1-2H3. The van der Waals surface area contributed by atoms with Crippen molar-refractivity contribution in [2.45, 2.75) is 18.7 Å². The van der Waals surface area contributed by atoms with Crippen LogP contribution < -0.4 is 4.72 Å². The summed E-state index contributed by atoms with van der Waals surface area (Å²) in [7, 11) is -3.61. The molecule has 2 aromatic rings. The fourth-order valence-corrected chi connectivity index (χ4v) is 2.68. The van der Waals surface area contributed by atoms with Gasteiger partial charge in [-0.3, -0.25) is 0 Å². The first-order chi connectivity index (χ1) is 7.99. The summed E-state index contributed by atoms with van der Waals surface area (Å²) in [5.41, 5.74) is 1.30. The van der Waals surface area contributed by atoms with Crippen LogP contribution in [0.5, 0.6) is 0 Å². The molecule has 17 heavy (non-hydrogen) atoms. The molecule has 0 bridgehead atoms. The molecule has 0 aliphatic rings. The zero-order valence-corrected chi connectivity index (χ0v) is 10.3. The fourth-order valence-electron chi connectivity index (χ4n) is 1.46. The van der Waals surface area contributed by atoms with Crippen LogP contribution in [0.2, 0.25) is 0 Å². The van der Waals surface area contributed by atoms with Crippen LogP contribution in [0.4, 0.5) is 5.88 Å². The molecule has 1 aromatic heterocycles. The Labute approximate surface area is 99.5 Å². The normalized spacial score (nSPS) is 11.4.